The fraction of sp³-hybridized carbons (Fsp3) is 0.200. The third kappa shape index (κ3) is 3.73. The zero-order valence-corrected chi connectivity index (χ0v) is 15.3. The highest BCUT2D eigenvalue weighted by Gasteiger charge is 2.23. The zero-order valence-electron chi connectivity index (χ0n) is 14.6. The molecular weight excluding hydrogens is 352 g/mol. The summed E-state index contributed by atoms with van der Waals surface area (Å²) in [6.07, 6.45) is 0.879. The molecule has 0 aliphatic heterocycles. The molecule has 0 radical (unpaired) electrons. The molecule has 26 heavy (non-hydrogen) atoms. The average molecular weight is 371 g/mol. The van der Waals surface area contributed by atoms with Crippen molar-refractivity contribution in [3.8, 4) is 17.0 Å². The molecule has 6 heteroatoms. The number of anilines is 1. The summed E-state index contributed by atoms with van der Waals surface area (Å²) in [6, 6.07) is 14.5. The third-order valence-corrected chi connectivity index (χ3v) is 4.15. The molecule has 3 aromatic rings. The van der Waals surface area contributed by atoms with Crippen molar-refractivity contribution in [1.29, 1.82) is 0 Å². The van der Waals surface area contributed by atoms with Crippen molar-refractivity contribution in [2.24, 2.45) is 0 Å². The first-order chi connectivity index (χ1) is 12.6. The minimum atomic E-state index is -0.328. The van der Waals surface area contributed by atoms with Gasteiger partial charge in [-0.25, -0.2) is 0 Å². The minimum absolute atomic E-state index is 0.328. The molecule has 0 saturated heterocycles. The van der Waals surface area contributed by atoms with Crippen molar-refractivity contribution in [3.05, 3.63) is 64.9 Å². The Labute approximate surface area is 156 Å². The SMILES string of the molecule is CCCOc1ccccc1NC(=O)c1c(-c2ccccc2Cl)noc1C. The number of hydrogen-bond acceptors (Lipinski definition) is 4. The van der Waals surface area contributed by atoms with Crippen LogP contribution in [0.1, 0.15) is 29.5 Å². The van der Waals surface area contributed by atoms with Gasteiger partial charge in [0.1, 0.15) is 22.8 Å². The van der Waals surface area contributed by atoms with Gasteiger partial charge in [0.05, 0.1) is 17.3 Å². The van der Waals surface area contributed by atoms with Crippen LogP contribution in [0, 0.1) is 6.92 Å². The predicted molar refractivity (Wildman–Crippen MR) is 102 cm³/mol. The number of nitrogens with zero attached hydrogens (tertiary/aromatic N) is 1. The summed E-state index contributed by atoms with van der Waals surface area (Å²) in [4.78, 5) is 12.9. The second-order valence-corrected chi connectivity index (χ2v) is 6.15. The van der Waals surface area contributed by atoms with Gasteiger partial charge in [-0.2, -0.15) is 0 Å². The van der Waals surface area contributed by atoms with Crippen molar-refractivity contribution in [2.45, 2.75) is 20.3 Å². The second kappa shape index (κ2) is 8.06. The monoisotopic (exact) mass is 370 g/mol. The summed E-state index contributed by atoms with van der Waals surface area (Å²) in [5.74, 6) is 0.715. The lowest BCUT2D eigenvalue weighted by Gasteiger charge is -2.12. The molecule has 2 aromatic carbocycles. The highest BCUT2D eigenvalue weighted by atomic mass is 35.5. The van der Waals surface area contributed by atoms with E-state index in [1.54, 1.807) is 25.1 Å². The maximum Gasteiger partial charge on any atom is 0.261 e. The number of carbonyl (C=O) groups is 1. The lowest BCUT2D eigenvalue weighted by atomic mass is 10.1. The van der Waals surface area contributed by atoms with Gasteiger partial charge in [-0.15, -0.1) is 0 Å². The summed E-state index contributed by atoms with van der Waals surface area (Å²) in [6.45, 7) is 4.30. The van der Waals surface area contributed by atoms with E-state index in [-0.39, 0.29) is 5.91 Å². The Morgan fingerprint density at radius 1 is 1.19 bits per heavy atom. The summed E-state index contributed by atoms with van der Waals surface area (Å²) >= 11 is 6.25. The zero-order chi connectivity index (χ0) is 18.5. The molecular formula is C20H19ClN2O3. The van der Waals surface area contributed by atoms with Gasteiger partial charge in [0.25, 0.3) is 5.91 Å². The molecule has 1 amide bonds. The third-order valence-electron chi connectivity index (χ3n) is 3.82. The van der Waals surface area contributed by atoms with Crippen molar-refractivity contribution in [1.82, 2.24) is 5.16 Å². The standard InChI is InChI=1S/C20H19ClN2O3/c1-3-12-25-17-11-7-6-10-16(17)22-20(24)18-13(2)26-23-19(18)14-8-4-5-9-15(14)21/h4-11H,3,12H2,1-2H3,(H,22,24). The first kappa shape index (κ1) is 18.0. The molecule has 5 nitrogen and oxygen atoms in total. The molecule has 134 valence electrons. The van der Waals surface area contributed by atoms with Crippen molar-refractivity contribution >= 4 is 23.2 Å². The smallest absolute Gasteiger partial charge is 0.261 e. The molecule has 0 aliphatic carbocycles. The molecule has 0 atom stereocenters. The number of carbonyl (C=O) groups excluding carboxylic acids is 1. The van der Waals surface area contributed by atoms with Gasteiger partial charge < -0.3 is 14.6 Å². The predicted octanol–water partition coefficient (Wildman–Crippen LogP) is 5.34. The van der Waals surface area contributed by atoms with Crippen molar-refractivity contribution in [3.63, 3.8) is 0 Å². The maximum atomic E-state index is 12.9. The Balaban J connectivity index is 1.93. The maximum absolute atomic E-state index is 12.9. The van der Waals surface area contributed by atoms with Crippen LogP contribution in [-0.2, 0) is 0 Å². The second-order valence-electron chi connectivity index (χ2n) is 5.74. The molecule has 0 unspecified atom stereocenters. The largest absolute Gasteiger partial charge is 0.491 e. The number of ether oxygens (including phenoxy) is 1. The summed E-state index contributed by atoms with van der Waals surface area (Å²) in [5.41, 5.74) is 2.00. The van der Waals surface area contributed by atoms with E-state index in [4.69, 9.17) is 20.9 Å². The molecule has 1 heterocycles. The normalized spacial score (nSPS) is 10.6. The average Bonchev–Trinajstić information content (AvgIpc) is 3.03. The Bertz CT molecular complexity index is 921. The first-order valence-corrected chi connectivity index (χ1v) is 8.74. The Kier molecular flexibility index (Phi) is 5.58. The number of hydrogen-bond donors (Lipinski definition) is 1. The van der Waals surface area contributed by atoms with E-state index < -0.39 is 0 Å². The summed E-state index contributed by atoms with van der Waals surface area (Å²) < 4.78 is 11.0. The molecule has 1 aromatic heterocycles. The molecule has 0 saturated carbocycles. The van der Waals surface area contributed by atoms with Crippen LogP contribution >= 0.6 is 11.6 Å². The number of rotatable bonds is 6. The van der Waals surface area contributed by atoms with Gasteiger partial charge in [0.2, 0.25) is 0 Å². The van der Waals surface area contributed by atoms with Crippen LogP contribution in [0.15, 0.2) is 53.1 Å². The fourth-order valence-corrected chi connectivity index (χ4v) is 2.79. The number of para-hydroxylation sites is 2. The van der Waals surface area contributed by atoms with E-state index >= 15 is 0 Å². The van der Waals surface area contributed by atoms with Crippen LogP contribution in [-0.4, -0.2) is 17.7 Å². The molecule has 1 N–H and O–H groups in total. The van der Waals surface area contributed by atoms with Crippen LogP contribution in [0.3, 0.4) is 0 Å². The van der Waals surface area contributed by atoms with Gasteiger partial charge in [0, 0.05) is 5.56 Å². The van der Waals surface area contributed by atoms with Crippen molar-refractivity contribution < 1.29 is 14.1 Å². The van der Waals surface area contributed by atoms with Crippen LogP contribution in [0.4, 0.5) is 5.69 Å². The topological polar surface area (TPSA) is 64.4 Å². The molecule has 0 fully saturated rings. The number of nitrogens with one attached hydrogen (secondary N) is 1. The number of halogens is 1. The highest BCUT2D eigenvalue weighted by Crippen LogP contribution is 2.32. The van der Waals surface area contributed by atoms with Crippen LogP contribution < -0.4 is 10.1 Å². The van der Waals surface area contributed by atoms with Gasteiger partial charge in [0.15, 0.2) is 0 Å². The van der Waals surface area contributed by atoms with E-state index in [9.17, 15) is 4.79 Å². The molecule has 0 aliphatic rings. The lowest BCUT2D eigenvalue weighted by Crippen LogP contribution is -2.14. The quantitative estimate of drug-likeness (QED) is 0.635. The number of amides is 1. The fourth-order valence-electron chi connectivity index (χ4n) is 2.57. The highest BCUT2D eigenvalue weighted by molar-refractivity contribution is 6.33. The van der Waals surface area contributed by atoms with Crippen LogP contribution in [0.5, 0.6) is 5.75 Å². The number of aryl methyl sites for hydroxylation is 1. The van der Waals surface area contributed by atoms with Crippen LogP contribution in [0.25, 0.3) is 11.3 Å². The van der Waals surface area contributed by atoms with Crippen molar-refractivity contribution in [2.75, 3.05) is 11.9 Å². The Morgan fingerprint density at radius 3 is 2.69 bits per heavy atom. The van der Waals surface area contributed by atoms with Gasteiger partial charge >= 0.3 is 0 Å². The summed E-state index contributed by atoms with van der Waals surface area (Å²) in [7, 11) is 0. The molecule has 0 spiro atoms. The minimum Gasteiger partial charge on any atom is -0.491 e. The number of aromatic nitrogens is 1. The number of benzene rings is 2. The lowest BCUT2D eigenvalue weighted by molar-refractivity contribution is 0.102. The Hall–Kier alpha value is -2.79. The molecule has 0 bridgehead atoms. The van der Waals surface area contributed by atoms with E-state index in [1.165, 1.54) is 0 Å². The first-order valence-electron chi connectivity index (χ1n) is 8.36. The van der Waals surface area contributed by atoms with E-state index in [2.05, 4.69) is 10.5 Å². The van der Waals surface area contributed by atoms with E-state index in [1.807, 2.05) is 37.3 Å². The van der Waals surface area contributed by atoms with Gasteiger partial charge in [-0.1, -0.05) is 54.0 Å². The van der Waals surface area contributed by atoms with E-state index in [0.29, 0.717) is 45.6 Å². The van der Waals surface area contributed by atoms with Gasteiger partial charge in [-0.3, -0.25) is 4.79 Å². The molecule has 3 rings (SSSR count). The summed E-state index contributed by atoms with van der Waals surface area (Å²) in [5, 5.41) is 7.42. The van der Waals surface area contributed by atoms with Crippen LogP contribution in [0.2, 0.25) is 5.02 Å². The Morgan fingerprint density at radius 2 is 1.92 bits per heavy atom. The van der Waals surface area contributed by atoms with E-state index in [0.717, 1.165) is 6.42 Å². The van der Waals surface area contributed by atoms with Gasteiger partial charge in [-0.05, 0) is 31.5 Å².